The zero-order chi connectivity index (χ0) is 18.5. The van der Waals surface area contributed by atoms with E-state index in [2.05, 4.69) is 17.6 Å². The lowest BCUT2D eigenvalue weighted by molar-refractivity contribution is -0.909. The second-order valence-corrected chi connectivity index (χ2v) is 7.06. The van der Waals surface area contributed by atoms with Crippen LogP contribution >= 0.6 is 0 Å². The van der Waals surface area contributed by atoms with Gasteiger partial charge in [-0.15, -0.1) is 0 Å². The molecule has 142 valence electrons. The number of carbonyl (C=O) groups excluding carboxylic acids is 2. The molecule has 2 saturated heterocycles. The lowest BCUT2D eigenvalue weighted by Gasteiger charge is -2.21. The maximum atomic E-state index is 12.3. The van der Waals surface area contributed by atoms with E-state index < -0.39 is 0 Å². The van der Waals surface area contributed by atoms with Crippen molar-refractivity contribution in [2.45, 2.75) is 38.3 Å². The van der Waals surface area contributed by atoms with Crippen molar-refractivity contribution in [1.29, 1.82) is 0 Å². The number of rotatable bonds is 6. The number of nitrogens with zero attached hydrogens (tertiary/aromatic N) is 1. The molecule has 26 heavy (non-hydrogen) atoms. The Morgan fingerprint density at radius 2 is 2.12 bits per heavy atom. The summed E-state index contributed by atoms with van der Waals surface area (Å²) in [6.07, 6.45) is 2.72. The number of likely N-dealkylation sites (tertiary alicyclic amines) is 1. The normalized spacial score (nSPS) is 25.4. The number of hydrogen-bond acceptors (Lipinski definition) is 3. The van der Waals surface area contributed by atoms with Crippen molar-refractivity contribution >= 4 is 17.6 Å². The van der Waals surface area contributed by atoms with Gasteiger partial charge in [-0.2, -0.15) is 0 Å². The van der Waals surface area contributed by atoms with Gasteiger partial charge in [0.25, 0.3) is 0 Å². The van der Waals surface area contributed by atoms with Gasteiger partial charge in [0, 0.05) is 31.5 Å². The number of methoxy groups -OCH3 is 1. The predicted octanol–water partition coefficient (Wildman–Crippen LogP) is 0.167. The summed E-state index contributed by atoms with van der Waals surface area (Å²) in [6.45, 7) is 5.66. The van der Waals surface area contributed by atoms with Gasteiger partial charge < -0.3 is 25.2 Å². The molecule has 7 heteroatoms. The fourth-order valence-electron chi connectivity index (χ4n) is 3.96. The molecule has 0 saturated carbocycles. The molecule has 2 fully saturated rings. The van der Waals surface area contributed by atoms with Crippen molar-refractivity contribution in [1.82, 2.24) is 10.6 Å². The van der Waals surface area contributed by atoms with Crippen molar-refractivity contribution in [3.05, 3.63) is 24.3 Å². The maximum absolute atomic E-state index is 12.3. The van der Waals surface area contributed by atoms with Crippen LogP contribution in [0.4, 0.5) is 10.5 Å². The Kier molecular flexibility index (Phi) is 5.98. The van der Waals surface area contributed by atoms with Crippen LogP contribution in [0.15, 0.2) is 24.3 Å². The molecule has 1 aromatic rings. The number of quaternary nitrogens is 1. The van der Waals surface area contributed by atoms with E-state index in [0.717, 1.165) is 24.4 Å². The van der Waals surface area contributed by atoms with Crippen LogP contribution in [-0.2, 0) is 4.79 Å². The van der Waals surface area contributed by atoms with Crippen LogP contribution in [0.5, 0.6) is 5.75 Å². The van der Waals surface area contributed by atoms with Gasteiger partial charge in [0.05, 0.1) is 32.8 Å². The number of likely N-dealkylation sites (N-methyl/N-ethyl adjacent to an activating group) is 1. The van der Waals surface area contributed by atoms with Gasteiger partial charge in [-0.1, -0.05) is 0 Å². The molecule has 3 N–H and O–H groups in total. The smallest absolute Gasteiger partial charge is 0.315 e. The molecule has 0 aromatic heterocycles. The highest BCUT2D eigenvalue weighted by Gasteiger charge is 2.32. The third-order valence-corrected chi connectivity index (χ3v) is 5.44. The first-order chi connectivity index (χ1) is 12.6. The lowest BCUT2D eigenvalue weighted by Crippen LogP contribution is -3.14. The number of carbonyl (C=O) groups is 2. The molecule has 1 unspecified atom stereocenters. The Bertz CT molecular complexity index is 634. The minimum absolute atomic E-state index is 0.0258. The van der Waals surface area contributed by atoms with Crippen molar-refractivity contribution < 1.29 is 19.2 Å². The molecular formula is C19H29N4O3+. The fraction of sp³-hybridized carbons (Fsp3) is 0.579. The van der Waals surface area contributed by atoms with Gasteiger partial charge in [0.2, 0.25) is 5.91 Å². The van der Waals surface area contributed by atoms with Gasteiger partial charge in [-0.25, -0.2) is 4.79 Å². The fourth-order valence-corrected chi connectivity index (χ4v) is 3.96. The van der Waals surface area contributed by atoms with E-state index in [0.29, 0.717) is 25.6 Å². The molecule has 0 bridgehead atoms. The Morgan fingerprint density at radius 3 is 2.81 bits per heavy atom. The van der Waals surface area contributed by atoms with Crippen LogP contribution in [0.3, 0.4) is 0 Å². The highest BCUT2D eigenvalue weighted by Crippen LogP contribution is 2.24. The first kappa shape index (κ1) is 18.5. The topological polar surface area (TPSA) is 75.1 Å². The lowest BCUT2D eigenvalue weighted by atomic mass is 10.2. The van der Waals surface area contributed by atoms with Gasteiger partial charge >= 0.3 is 6.03 Å². The minimum Gasteiger partial charge on any atom is -0.497 e. The highest BCUT2D eigenvalue weighted by molar-refractivity contribution is 5.96. The number of ether oxygens (including phenoxy) is 1. The van der Waals surface area contributed by atoms with Crippen molar-refractivity contribution in [2.24, 2.45) is 0 Å². The first-order valence-electron chi connectivity index (χ1n) is 9.44. The van der Waals surface area contributed by atoms with Crippen LogP contribution in [0.25, 0.3) is 0 Å². The third kappa shape index (κ3) is 4.27. The zero-order valence-corrected chi connectivity index (χ0v) is 15.6. The van der Waals surface area contributed by atoms with E-state index in [1.54, 1.807) is 16.9 Å². The van der Waals surface area contributed by atoms with Gasteiger partial charge in [-0.3, -0.25) is 4.79 Å². The molecule has 3 rings (SSSR count). The van der Waals surface area contributed by atoms with Crippen LogP contribution < -0.4 is 25.2 Å². The zero-order valence-electron chi connectivity index (χ0n) is 15.6. The summed E-state index contributed by atoms with van der Waals surface area (Å²) < 4.78 is 5.15. The molecule has 0 radical (unpaired) electrons. The minimum atomic E-state index is -0.179. The average molecular weight is 361 g/mol. The van der Waals surface area contributed by atoms with Gasteiger partial charge in [-0.05, 0) is 31.2 Å². The number of hydrogen-bond donors (Lipinski definition) is 3. The Hall–Kier alpha value is -2.28. The standard InChI is InChI=1S/C19H28N4O3/c1-3-22-10-4-5-16(22)12-20-19(25)21-14-11-18(24)23(13-14)15-6-8-17(26-2)9-7-15/h6-9,14,16H,3-5,10-13H2,1-2H3,(H2,20,21,25)/p+1/t14-,16-/m1/s1. The molecular weight excluding hydrogens is 332 g/mol. The summed E-state index contributed by atoms with van der Waals surface area (Å²) in [5, 5.41) is 5.92. The van der Waals surface area contributed by atoms with E-state index in [1.165, 1.54) is 13.0 Å². The Balaban J connectivity index is 1.48. The summed E-state index contributed by atoms with van der Waals surface area (Å²) in [5.41, 5.74) is 0.827. The molecule has 3 atom stereocenters. The van der Waals surface area contributed by atoms with Gasteiger partial charge in [0.1, 0.15) is 11.8 Å². The van der Waals surface area contributed by atoms with Crippen LogP contribution in [-0.4, -0.2) is 57.3 Å². The van der Waals surface area contributed by atoms with Crippen LogP contribution in [0.2, 0.25) is 0 Å². The molecule has 2 aliphatic rings. The highest BCUT2D eigenvalue weighted by atomic mass is 16.5. The van der Waals surface area contributed by atoms with E-state index in [4.69, 9.17) is 4.74 Å². The van der Waals surface area contributed by atoms with Crippen molar-refractivity contribution in [3.8, 4) is 5.75 Å². The summed E-state index contributed by atoms with van der Waals surface area (Å²) in [7, 11) is 1.61. The third-order valence-electron chi connectivity index (χ3n) is 5.44. The first-order valence-corrected chi connectivity index (χ1v) is 9.44. The van der Waals surface area contributed by atoms with E-state index in [9.17, 15) is 9.59 Å². The number of anilines is 1. The number of urea groups is 1. The number of benzene rings is 1. The Morgan fingerprint density at radius 1 is 1.35 bits per heavy atom. The molecule has 1 aromatic carbocycles. The molecule has 2 heterocycles. The molecule has 0 spiro atoms. The number of nitrogens with one attached hydrogen (secondary N) is 3. The van der Waals surface area contributed by atoms with Gasteiger partial charge in [0.15, 0.2) is 0 Å². The van der Waals surface area contributed by atoms with E-state index in [-0.39, 0.29) is 18.0 Å². The summed E-state index contributed by atoms with van der Waals surface area (Å²) in [5.74, 6) is 0.780. The Labute approximate surface area is 154 Å². The second kappa shape index (κ2) is 8.40. The second-order valence-electron chi connectivity index (χ2n) is 7.06. The molecule has 3 amide bonds. The molecule has 2 aliphatic heterocycles. The average Bonchev–Trinajstić information content (AvgIpc) is 3.26. The predicted molar refractivity (Wildman–Crippen MR) is 99.7 cm³/mol. The molecule has 0 aliphatic carbocycles. The van der Waals surface area contributed by atoms with Crippen LogP contribution in [0, 0.1) is 0 Å². The molecule has 7 nitrogen and oxygen atoms in total. The van der Waals surface area contributed by atoms with Crippen molar-refractivity contribution in [2.75, 3.05) is 38.2 Å². The summed E-state index contributed by atoms with van der Waals surface area (Å²) in [6, 6.07) is 7.55. The van der Waals surface area contributed by atoms with E-state index >= 15 is 0 Å². The summed E-state index contributed by atoms with van der Waals surface area (Å²) >= 11 is 0. The summed E-state index contributed by atoms with van der Waals surface area (Å²) in [4.78, 5) is 27.8. The SMILES string of the molecule is CC[NH+]1CCC[C@@H]1CNC(=O)N[C@@H]1CC(=O)N(c2ccc(OC)cc2)C1. The van der Waals surface area contributed by atoms with Crippen LogP contribution in [0.1, 0.15) is 26.2 Å². The number of amides is 3. The van der Waals surface area contributed by atoms with E-state index in [1.807, 2.05) is 24.3 Å². The quantitative estimate of drug-likeness (QED) is 0.676. The monoisotopic (exact) mass is 361 g/mol. The van der Waals surface area contributed by atoms with Crippen molar-refractivity contribution in [3.63, 3.8) is 0 Å². The maximum Gasteiger partial charge on any atom is 0.315 e. The largest absolute Gasteiger partial charge is 0.497 e.